The molecule has 0 saturated heterocycles. The molecule has 2 atom stereocenters. The second kappa shape index (κ2) is 9.07. The predicted molar refractivity (Wildman–Crippen MR) is 112 cm³/mol. The molecule has 2 aromatic rings. The Labute approximate surface area is 175 Å². The molecule has 0 bridgehead atoms. The first kappa shape index (κ1) is 23.1. The molecule has 0 fully saturated rings. The molecular formula is C21H23ClFNO4S. The number of rotatable bonds is 7. The third kappa shape index (κ3) is 4.86. The normalized spacial score (nSPS) is 13.6. The smallest absolute Gasteiger partial charge is 0.324 e. The van der Waals surface area contributed by atoms with E-state index in [-0.39, 0.29) is 16.0 Å². The number of carbonyl (C=O) groups is 1. The number of sulfonamides is 1. The number of hydrogen-bond acceptors (Lipinski definition) is 4. The molecule has 0 heterocycles. The SMILES string of the molecule is C=Cc1cc(Cl)ccc1S(=O)(=O)N[C@H](C(=O)OC)C(C)c1c(F)ccc(C)c1C. The van der Waals surface area contributed by atoms with Gasteiger partial charge in [-0.25, -0.2) is 12.8 Å². The molecule has 0 radical (unpaired) electrons. The summed E-state index contributed by atoms with van der Waals surface area (Å²) in [6.07, 6.45) is 1.35. The van der Waals surface area contributed by atoms with E-state index >= 15 is 0 Å². The third-order valence-electron chi connectivity index (χ3n) is 4.91. The Balaban J connectivity index is 2.54. The second-order valence-electron chi connectivity index (χ2n) is 6.70. The first-order chi connectivity index (χ1) is 13.5. The summed E-state index contributed by atoms with van der Waals surface area (Å²) in [7, 11) is -3.02. The first-order valence-electron chi connectivity index (χ1n) is 8.81. The Bertz CT molecular complexity index is 1050. The average Bonchev–Trinajstić information content (AvgIpc) is 2.68. The summed E-state index contributed by atoms with van der Waals surface area (Å²) < 4.78 is 47.8. The van der Waals surface area contributed by atoms with Crippen molar-refractivity contribution in [1.29, 1.82) is 0 Å². The maximum absolute atomic E-state index is 14.6. The number of carbonyl (C=O) groups excluding carboxylic acids is 1. The summed E-state index contributed by atoms with van der Waals surface area (Å²) in [4.78, 5) is 12.3. The number of hydrogen-bond donors (Lipinski definition) is 1. The van der Waals surface area contributed by atoms with Gasteiger partial charge in [-0.2, -0.15) is 4.72 Å². The monoisotopic (exact) mass is 439 g/mol. The van der Waals surface area contributed by atoms with Crippen molar-refractivity contribution in [2.24, 2.45) is 0 Å². The highest BCUT2D eigenvalue weighted by molar-refractivity contribution is 7.89. The van der Waals surface area contributed by atoms with E-state index < -0.39 is 33.8 Å². The van der Waals surface area contributed by atoms with Gasteiger partial charge in [-0.3, -0.25) is 4.79 Å². The summed E-state index contributed by atoms with van der Waals surface area (Å²) >= 11 is 5.93. The number of esters is 1. The molecular weight excluding hydrogens is 417 g/mol. The van der Waals surface area contributed by atoms with E-state index in [1.54, 1.807) is 19.9 Å². The maximum Gasteiger partial charge on any atom is 0.324 e. The number of methoxy groups -OCH3 is 1. The zero-order valence-corrected chi connectivity index (χ0v) is 18.2. The molecule has 156 valence electrons. The van der Waals surface area contributed by atoms with Crippen LogP contribution in [0.4, 0.5) is 4.39 Å². The van der Waals surface area contributed by atoms with E-state index in [0.29, 0.717) is 10.6 Å². The van der Waals surface area contributed by atoms with Crippen LogP contribution in [0.15, 0.2) is 41.8 Å². The maximum atomic E-state index is 14.6. The summed E-state index contributed by atoms with van der Waals surface area (Å²) in [6, 6.07) is 5.77. The predicted octanol–water partition coefficient (Wildman–Crippen LogP) is 4.36. The Kier molecular flexibility index (Phi) is 7.21. The first-order valence-corrected chi connectivity index (χ1v) is 10.7. The molecule has 0 aliphatic rings. The summed E-state index contributed by atoms with van der Waals surface area (Å²) in [6.45, 7) is 8.71. The van der Waals surface area contributed by atoms with E-state index in [2.05, 4.69) is 11.3 Å². The minimum absolute atomic E-state index is 0.0977. The van der Waals surface area contributed by atoms with Crippen molar-refractivity contribution < 1.29 is 22.3 Å². The minimum atomic E-state index is -4.17. The van der Waals surface area contributed by atoms with Crippen molar-refractivity contribution in [3.05, 3.63) is 70.0 Å². The highest BCUT2D eigenvalue weighted by Gasteiger charge is 2.35. The van der Waals surface area contributed by atoms with Crippen LogP contribution in [0.25, 0.3) is 6.08 Å². The van der Waals surface area contributed by atoms with Gasteiger partial charge in [0.2, 0.25) is 10.0 Å². The standard InChI is InChI=1S/C21H23ClFNO4S/c1-6-15-11-16(22)8-10-18(15)29(26,27)24-20(21(25)28-5)14(4)19-13(3)12(2)7-9-17(19)23/h6-11,14,20,24H,1H2,2-5H3/t14?,20-/m0/s1. The molecule has 2 aromatic carbocycles. The number of nitrogens with one attached hydrogen (secondary N) is 1. The van der Waals surface area contributed by atoms with E-state index in [1.165, 1.54) is 30.3 Å². The highest BCUT2D eigenvalue weighted by atomic mass is 35.5. The summed E-state index contributed by atoms with van der Waals surface area (Å²) in [5, 5.41) is 0.342. The lowest BCUT2D eigenvalue weighted by molar-refractivity contribution is -0.143. The molecule has 29 heavy (non-hydrogen) atoms. The summed E-state index contributed by atoms with van der Waals surface area (Å²) in [5.74, 6) is -2.17. The number of ether oxygens (including phenoxy) is 1. The van der Waals surface area contributed by atoms with Crippen molar-refractivity contribution in [3.63, 3.8) is 0 Å². The van der Waals surface area contributed by atoms with E-state index in [1.807, 2.05) is 6.92 Å². The van der Waals surface area contributed by atoms with E-state index in [4.69, 9.17) is 16.3 Å². The second-order valence-corrected chi connectivity index (χ2v) is 8.82. The molecule has 0 aliphatic heterocycles. The fraction of sp³-hybridized carbons (Fsp3) is 0.286. The van der Waals surface area contributed by atoms with Gasteiger partial charge in [-0.15, -0.1) is 0 Å². The van der Waals surface area contributed by atoms with Crippen LogP contribution in [0.3, 0.4) is 0 Å². The molecule has 5 nitrogen and oxygen atoms in total. The molecule has 1 unspecified atom stereocenters. The van der Waals surface area contributed by atoms with Crippen molar-refractivity contribution in [2.45, 2.75) is 37.6 Å². The van der Waals surface area contributed by atoms with Gasteiger partial charge in [0.15, 0.2) is 0 Å². The van der Waals surface area contributed by atoms with Crippen molar-refractivity contribution in [3.8, 4) is 0 Å². The Morgan fingerprint density at radius 3 is 2.52 bits per heavy atom. The van der Waals surface area contributed by atoms with Gasteiger partial charge in [0.1, 0.15) is 11.9 Å². The van der Waals surface area contributed by atoms with Crippen molar-refractivity contribution in [1.82, 2.24) is 4.72 Å². The zero-order chi connectivity index (χ0) is 21.9. The molecule has 2 rings (SSSR count). The lowest BCUT2D eigenvalue weighted by Gasteiger charge is -2.25. The molecule has 0 spiro atoms. The quantitative estimate of drug-likeness (QED) is 0.650. The van der Waals surface area contributed by atoms with Crippen LogP contribution >= 0.6 is 11.6 Å². The van der Waals surface area contributed by atoms with Crippen LogP contribution in [0, 0.1) is 19.7 Å². The van der Waals surface area contributed by atoms with Gasteiger partial charge in [0, 0.05) is 10.9 Å². The lowest BCUT2D eigenvalue weighted by Crippen LogP contribution is -2.45. The third-order valence-corrected chi connectivity index (χ3v) is 6.66. The molecule has 0 aromatic heterocycles. The Morgan fingerprint density at radius 1 is 1.28 bits per heavy atom. The topological polar surface area (TPSA) is 72.5 Å². The van der Waals surface area contributed by atoms with Crippen LogP contribution in [0.5, 0.6) is 0 Å². The molecule has 1 N–H and O–H groups in total. The highest BCUT2D eigenvalue weighted by Crippen LogP contribution is 2.30. The van der Waals surface area contributed by atoms with Gasteiger partial charge < -0.3 is 4.74 Å². The Hall–Kier alpha value is -2.22. The van der Waals surface area contributed by atoms with Crippen LogP contribution in [-0.2, 0) is 19.6 Å². The number of halogens is 2. The van der Waals surface area contributed by atoms with Gasteiger partial charge in [-0.1, -0.05) is 37.2 Å². The summed E-state index contributed by atoms with van der Waals surface area (Å²) in [5.41, 5.74) is 2.00. The largest absolute Gasteiger partial charge is 0.468 e. The fourth-order valence-corrected chi connectivity index (χ4v) is 4.81. The fourth-order valence-electron chi connectivity index (χ4n) is 3.17. The molecule has 8 heteroatoms. The number of benzene rings is 2. The Morgan fingerprint density at radius 2 is 1.93 bits per heavy atom. The van der Waals surface area contributed by atoms with Crippen LogP contribution < -0.4 is 4.72 Å². The molecule has 0 amide bonds. The van der Waals surface area contributed by atoms with Gasteiger partial charge in [0.05, 0.1) is 12.0 Å². The van der Waals surface area contributed by atoms with Crippen molar-refractivity contribution >= 4 is 33.7 Å². The van der Waals surface area contributed by atoms with E-state index in [0.717, 1.165) is 12.7 Å². The minimum Gasteiger partial charge on any atom is -0.468 e. The van der Waals surface area contributed by atoms with E-state index in [9.17, 15) is 17.6 Å². The molecule has 0 aliphatic carbocycles. The zero-order valence-electron chi connectivity index (χ0n) is 16.6. The lowest BCUT2D eigenvalue weighted by atomic mass is 9.88. The van der Waals surface area contributed by atoms with Gasteiger partial charge >= 0.3 is 5.97 Å². The van der Waals surface area contributed by atoms with Crippen LogP contribution in [0.2, 0.25) is 5.02 Å². The van der Waals surface area contributed by atoms with Crippen molar-refractivity contribution in [2.75, 3.05) is 7.11 Å². The van der Waals surface area contributed by atoms with Crippen LogP contribution in [-0.4, -0.2) is 27.5 Å². The average molecular weight is 440 g/mol. The molecule has 0 saturated carbocycles. The van der Waals surface area contributed by atoms with Gasteiger partial charge in [0.25, 0.3) is 0 Å². The van der Waals surface area contributed by atoms with Crippen LogP contribution in [0.1, 0.15) is 35.1 Å². The number of aryl methyl sites for hydroxylation is 1. The van der Waals surface area contributed by atoms with Gasteiger partial charge in [-0.05, 0) is 60.4 Å².